The van der Waals surface area contributed by atoms with Crippen molar-refractivity contribution in [1.29, 1.82) is 0 Å². The number of nitro benzene ring substituents is 1. The number of aromatic amines is 1. The minimum Gasteiger partial charge on any atom is -0.362 e. The molecule has 6 nitrogen and oxygen atoms in total. The molecule has 0 unspecified atom stereocenters. The Morgan fingerprint density at radius 2 is 2.00 bits per heavy atom. The standard InChI is InChI=1S/C18H17FN4O2S/c1-11-15(16-10-12(19)2-7-17(16)21-11)8-9-20-18(26)22-13-3-5-14(6-4-13)23(24)25/h2-7,10,21H,8-9H2,1H3,(H2,20,22,26). The molecule has 2 aromatic carbocycles. The van der Waals surface area contributed by atoms with Crippen molar-refractivity contribution in [3.8, 4) is 0 Å². The summed E-state index contributed by atoms with van der Waals surface area (Å²) in [5, 5.41) is 18.0. The molecule has 0 radical (unpaired) electrons. The molecule has 0 atom stereocenters. The van der Waals surface area contributed by atoms with Gasteiger partial charge in [-0.15, -0.1) is 0 Å². The number of H-pyrrole nitrogens is 1. The number of hydrogen-bond donors (Lipinski definition) is 3. The molecule has 3 aromatic rings. The number of aromatic nitrogens is 1. The van der Waals surface area contributed by atoms with Crippen LogP contribution in [-0.2, 0) is 6.42 Å². The van der Waals surface area contributed by atoms with E-state index in [0.717, 1.165) is 22.2 Å². The lowest BCUT2D eigenvalue weighted by molar-refractivity contribution is -0.384. The van der Waals surface area contributed by atoms with E-state index >= 15 is 0 Å². The highest BCUT2D eigenvalue weighted by Gasteiger charge is 2.09. The molecule has 0 amide bonds. The maximum Gasteiger partial charge on any atom is 0.269 e. The number of fused-ring (bicyclic) bond motifs is 1. The zero-order chi connectivity index (χ0) is 18.7. The van der Waals surface area contributed by atoms with Gasteiger partial charge in [0.2, 0.25) is 0 Å². The average Bonchev–Trinajstić information content (AvgIpc) is 2.90. The highest BCUT2D eigenvalue weighted by atomic mass is 32.1. The molecule has 3 rings (SSSR count). The maximum absolute atomic E-state index is 13.5. The minimum atomic E-state index is -0.452. The van der Waals surface area contributed by atoms with Crippen LogP contribution in [-0.4, -0.2) is 21.6 Å². The molecule has 1 heterocycles. The number of nitrogens with one attached hydrogen (secondary N) is 3. The third-order valence-corrected chi connectivity index (χ3v) is 4.32. The molecular formula is C18H17FN4O2S. The molecule has 8 heteroatoms. The molecule has 0 saturated heterocycles. The van der Waals surface area contributed by atoms with Gasteiger partial charge in [0.1, 0.15) is 5.82 Å². The smallest absolute Gasteiger partial charge is 0.269 e. The largest absolute Gasteiger partial charge is 0.362 e. The van der Waals surface area contributed by atoms with E-state index in [0.29, 0.717) is 23.8 Å². The molecule has 0 saturated carbocycles. The molecule has 0 bridgehead atoms. The maximum atomic E-state index is 13.5. The van der Waals surface area contributed by atoms with E-state index in [-0.39, 0.29) is 11.5 Å². The van der Waals surface area contributed by atoms with Crippen molar-refractivity contribution >= 4 is 39.6 Å². The normalized spacial score (nSPS) is 10.7. The third kappa shape index (κ3) is 3.97. The van der Waals surface area contributed by atoms with Crippen LogP contribution in [0.5, 0.6) is 0 Å². The van der Waals surface area contributed by atoms with Crippen LogP contribution in [0.1, 0.15) is 11.3 Å². The van der Waals surface area contributed by atoms with E-state index in [9.17, 15) is 14.5 Å². The monoisotopic (exact) mass is 372 g/mol. The summed E-state index contributed by atoms with van der Waals surface area (Å²) in [7, 11) is 0. The summed E-state index contributed by atoms with van der Waals surface area (Å²) in [6.45, 7) is 2.53. The number of rotatable bonds is 5. The summed E-state index contributed by atoms with van der Waals surface area (Å²) < 4.78 is 13.5. The van der Waals surface area contributed by atoms with Crippen molar-refractivity contribution in [2.24, 2.45) is 0 Å². The lowest BCUT2D eigenvalue weighted by Gasteiger charge is -2.10. The summed E-state index contributed by atoms with van der Waals surface area (Å²) >= 11 is 5.24. The Kier molecular flexibility index (Phi) is 5.13. The van der Waals surface area contributed by atoms with Gasteiger partial charge in [0.25, 0.3) is 5.69 Å². The second kappa shape index (κ2) is 7.49. The third-order valence-electron chi connectivity index (χ3n) is 4.08. The van der Waals surface area contributed by atoms with Crippen molar-refractivity contribution in [3.63, 3.8) is 0 Å². The Labute approximate surface area is 154 Å². The molecule has 0 aliphatic heterocycles. The Morgan fingerprint density at radius 1 is 1.27 bits per heavy atom. The Morgan fingerprint density at radius 3 is 2.69 bits per heavy atom. The van der Waals surface area contributed by atoms with Gasteiger partial charge in [-0.25, -0.2) is 4.39 Å². The van der Waals surface area contributed by atoms with Crippen LogP contribution in [0.25, 0.3) is 10.9 Å². The van der Waals surface area contributed by atoms with Gasteiger partial charge in [-0.2, -0.15) is 0 Å². The number of anilines is 1. The predicted octanol–water partition coefficient (Wildman–Crippen LogP) is 4.05. The van der Waals surface area contributed by atoms with Crippen molar-refractivity contribution in [2.45, 2.75) is 13.3 Å². The van der Waals surface area contributed by atoms with Gasteiger partial charge < -0.3 is 15.6 Å². The van der Waals surface area contributed by atoms with Gasteiger partial charge in [0, 0.05) is 41.0 Å². The zero-order valence-electron chi connectivity index (χ0n) is 14.0. The number of hydrogen-bond acceptors (Lipinski definition) is 3. The number of nitrogens with zero attached hydrogens (tertiary/aromatic N) is 1. The van der Waals surface area contributed by atoms with Crippen LogP contribution < -0.4 is 10.6 Å². The Balaban J connectivity index is 1.58. The highest BCUT2D eigenvalue weighted by molar-refractivity contribution is 7.80. The first-order valence-corrected chi connectivity index (χ1v) is 8.41. The van der Waals surface area contributed by atoms with E-state index in [2.05, 4.69) is 15.6 Å². The summed E-state index contributed by atoms with van der Waals surface area (Å²) in [6.07, 6.45) is 0.678. The first kappa shape index (κ1) is 17.8. The predicted molar refractivity (Wildman–Crippen MR) is 104 cm³/mol. The summed E-state index contributed by atoms with van der Waals surface area (Å²) in [5.41, 5.74) is 3.65. The lowest BCUT2D eigenvalue weighted by atomic mass is 10.1. The number of aryl methyl sites for hydroxylation is 1. The van der Waals surface area contributed by atoms with Gasteiger partial charge >= 0.3 is 0 Å². The number of nitro groups is 1. The second-order valence-electron chi connectivity index (χ2n) is 5.85. The van der Waals surface area contributed by atoms with E-state index in [1.54, 1.807) is 18.2 Å². The lowest BCUT2D eigenvalue weighted by Crippen LogP contribution is -2.30. The Hall–Kier alpha value is -3.00. The number of benzene rings is 2. The molecule has 0 spiro atoms. The van der Waals surface area contributed by atoms with Crippen molar-refractivity contribution < 1.29 is 9.31 Å². The summed E-state index contributed by atoms with van der Waals surface area (Å²) in [4.78, 5) is 13.4. The molecule has 134 valence electrons. The van der Waals surface area contributed by atoms with Gasteiger partial charge in [-0.3, -0.25) is 10.1 Å². The fourth-order valence-corrected chi connectivity index (χ4v) is 3.04. The fourth-order valence-electron chi connectivity index (χ4n) is 2.82. The molecule has 0 aliphatic carbocycles. The van der Waals surface area contributed by atoms with Gasteiger partial charge in [0.05, 0.1) is 4.92 Å². The molecule has 3 N–H and O–H groups in total. The quantitative estimate of drug-likeness (QED) is 0.357. The fraction of sp³-hybridized carbons (Fsp3) is 0.167. The van der Waals surface area contributed by atoms with Crippen molar-refractivity contribution in [1.82, 2.24) is 10.3 Å². The number of halogens is 1. The van der Waals surface area contributed by atoms with Crippen LogP contribution in [0, 0.1) is 22.9 Å². The first-order chi connectivity index (χ1) is 12.4. The van der Waals surface area contributed by atoms with E-state index in [1.807, 2.05) is 6.92 Å². The molecular weight excluding hydrogens is 355 g/mol. The van der Waals surface area contributed by atoms with E-state index < -0.39 is 4.92 Å². The van der Waals surface area contributed by atoms with Crippen LogP contribution in [0.2, 0.25) is 0 Å². The van der Waals surface area contributed by atoms with Crippen LogP contribution >= 0.6 is 12.2 Å². The molecule has 26 heavy (non-hydrogen) atoms. The molecule has 0 aliphatic rings. The van der Waals surface area contributed by atoms with Crippen molar-refractivity contribution in [2.75, 3.05) is 11.9 Å². The van der Waals surface area contributed by atoms with Crippen molar-refractivity contribution in [3.05, 3.63) is 69.7 Å². The summed E-state index contributed by atoms with van der Waals surface area (Å²) in [6, 6.07) is 10.7. The Bertz CT molecular complexity index is 969. The highest BCUT2D eigenvalue weighted by Crippen LogP contribution is 2.23. The number of thiocarbonyl (C=S) groups is 1. The van der Waals surface area contributed by atoms with Gasteiger partial charge in [0.15, 0.2) is 5.11 Å². The van der Waals surface area contributed by atoms with E-state index in [4.69, 9.17) is 12.2 Å². The molecule has 0 fully saturated rings. The first-order valence-electron chi connectivity index (χ1n) is 8.00. The van der Waals surface area contributed by atoms with Crippen LogP contribution in [0.3, 0.4) is 0 Å². The SMILES string of the molecule is Cc1[nH]c2ccc(F)cc2c1CCNC(=S)Nc1ccc([N+](=O)[O-])cc1. The van der Waals surface area contributed by atoms with Gasteiger partial charge in [-0.1, -0.05) is 0 Å². The van der Waals surface area contributed by atoms with Gasteiger partial charge in [-0.05, 0) is 61.5 Å². The van der Waals surface area contributed by atoms with Crippen LogP contribution in [0.4, 0.5) is 15.8 Å². The minimum absolute atomic E-state index is 0.0245. The topological polar surface area (TPSA) is 83.0 Å². The summed E-state index contributed by atoms with van der Waals surface area (Å²) in [5.74, 6) is -0.263. The average molecular weight is 372 g/mol. The van der Waals surface area contributed by atoms with E-state index in [1.165, 1.54) is 24.3 Å². The van der Waals surface area contributed by atoms with Crippen LogP contribution in [0.15, 0.2) is 42.5 Å². The second-order valence-corrected chi connectivity index (χ2v) is 6.26. The number of non-ortho nitro benzene ring substituents is 1. The molecule has 1 aromatic heterocycles. The zero-order valence-corrected chi connectivity index (χ0v) is 14.8.